The summed E-state index contributed by atoms with van der Waals surface area (Å²) in [6, 6.07) is 3.89. The van der Waals surface area contributed by atoms with E-state index in [0.717, 1.165) is 25.9 Å². The van der Waals surface area contributed by atoms with Crippen molar-refractivity contribution in [2.24, 2.45) is 0 Å². The van der Waals surface area contributed by atoms with Gasteiger partial charge in [-0.05, 0) is 31.2 Å². The first kappa shape index (κ1) is 11.6. The minimum absolute atomic E-state index is 0.0457. The molecule has 1 aromatic carbocycles. The second-order valence-corrected chi connectivity index (χ2v) is 3.99. The lowest BCUT2D eigenvalue weighted by Gasteiger charge is -2.10. The molecule has 0 radical (unpaired) electrons. The summed E-state index contributed by atoms with van der Waals surface area (Å²) in [4.78, 5) is 12.2. The van der Waals surface area contributed by atoms with Crippen molar-refractivity contribution in [3.05, 3.63) is 45.9 Å². The van der Waals surface area contributed by atoms with E-state index in [1.807, 2.05) is 4.90 Å². The van der Waals surface area contributed by atoms with Gasteiger partial charge < -0.3 is 4.90 Å². The fraction of sp³-hybridized carbons (Fsp3) is 0.333. The van der Waals surface area contributed by atoms with Gasteiger partial charge in [0.2, 0.25) is 0 Å². The molecule has 0 aromatic heterocycles. The van der Waals surface area contributed by atoms with Gasteiger partial charge in [0, 0.05) is 19.2 Å². The Morgan fingerprint density at radius 3 is 2.71 bits per heavy atom. The van der Waals surface area contributed by atoms with Gasteiger partial charge in [-0.2, -0.15) is 0 Å². The zero-order chi connectivity index (χ0) is 12.3. The summed E-state index contributed by atoms with van der Waals surface area (Å²) < 4.78 is 13.5. The van der Waals surface area contributed by atoms with Crippen molar-refractivity contribution in [3.63, 3.8) is 0 Å². The SMILES string of the molecule is O=[N+]([O-])c1cccc(F)c1C=CN1CCCC1. The van der Waals surface area contributed by atoms with Crippen LogP contribution in [0.25, 0.3) is 6.08 Å². The Labute approximate surface area is 98.5 Å². The van der Waals surface area contributed by atoms with E-state index in [-0.39, 0.29) is 11.3 Å². The third kappa shape index (κ3) is 2.61. The molecule has 1 aliphatic heterocycles. The number of hydrogen-bond acceptors (Lipinski definition) is 3. The highest BCUT2D eigenvalue weighted by molar-refractivity contribution is 5.61. The largest absolute Gasteiger partial charge is 0.377 e. The molecule has 1 aromatic rings. The molecule has 4 nitrogen and oxygen atoms in total. The summed E-state index contributed by atoms with van der Waals surface area (Å²) in [5.41, 5.74) is -0.148. The smallest absolute Gasteiger partial charge is 0.279 e. The molecule has 1 aliphatic rings. The van der Waals surface area contributed by atoms with Gasteiger partial charge in [0.05, 0.1) is 10.5 Å². The van der Waals surface area contributed by atoms with Crippen LogP contribution in [-0.4, -0.2) is 22.9 Å². The highest BCUT2D eigenvalue weighted by Crippen LogP contribution is 2.23. The number of likely N-dealkylation sites (tertiary alicyclic amines) is 1. The summed E-state index contributed by atoms with van der Waals surface area (Å²) in [7, 11) is 0. The van der Waals surface area contributed by atoms with Crippen molar-refractivity contribution in [1.29, 1.82) is 0 Å². The van der Waals surface area contributed by atoms with Crippen LogP contribution >= 0.6 is 0 Å². The molecule has 1 saturated heterocycles. The number of halogens is 1. The first-order chi connectivity index (χ1) is 8.18. The quantitative estimate of drug-likeness (QED) is 0.598. The third-order valence-electron chi connectivity index (χ3n) is 2.82. The molecule has 90 valence electrons. The average molecular weight is 236 g/mol. The number of hydrogen-bond donors (Lipinski definition) is 0. The maximum absolute atomic E-state index is 13.5. The Hall–Kier alpha value is -1.91. The lowest BCUT2D eigenvalue weighted by Crippen LogP contribution is -2.10. The van der Waals surface area contributed by atoms with Crippen LogP contribution in [0.5, 0.6) is 0 Å². The number of rotatable bonds is 3. The van der Waals surface area contributed by atoms with E-state index in [2.05, 4.69) is 0 Å². The van der Waals surface area contributed by atoms with Crippen molar-refractivity contribution >= 4 is 11.8 Å². The predicted octanol–water partition coefficient (Wildman–Crippen LogP) is 2.80. The molecule has 0 unspecified atom stereocenters. The molecule has 0 N–H and O–H groups in total. The highest BCUT2D eigenvalue weighted by Gasteiger charge is 2.15. The molecular formula is C12H13FN2O2. The molecule has 0 saturated carbocycles. The molecule has 0 atom stereocenters. The summed E-state index contributed by atoms with van der Waals surface area (Å²) >= 11 is 0. The van der Waals surface area contributed by atoms with Crippen molar-refractivity contribution < 1.29 is 9.31 Å². The van der Waals surface area contributed by atoms with Crippen LogP contribution in [-0.2, 0) is 0 Å². The van der Waals surface area contributed by atoms with Crippen LogP contribution in [0.15, 0.2) is 24.4 Å². The van der Waals surface area contributed by atoms with Crippen LogP contribution < -0.4 is 0 Å². The highest BCUT2D eigenvalue weighted by atomic mass is 19.1. The average Bonchev–Trinajstić information content (AvgIpc) is 2.80. The van der Waals surface area contributed by atoms with Crippen molar-refractivity contribution in [2.75, 3.05) is 13.1 Å². The lowest BCUT2D eigenvalue weighted by molar-refractivity contribution is -0.385. The summed E-state index contributed by atoms with van der Waals surface area (Å²) in [6.07, 6.45) is 5.45. The summed E-state index contributed by atoms with van der Waals surface area (Å²) in [5, 5.41) is 10.8. The Balaban J connectivity index is 2.27. The first-order valence-electron chi connectivity index (χ1n) is 5.53. The zero-order valence-electron chi connectivity index (χ0n) is 9.30. The molecular weight excluding hydrogens is 223 g/mol. The van der Waals surface area contributed by atoms with Gasteiger partial charge in [-0.1, -0.05) is 6.07 Å². The van der Waals surface area contributed by atoms with Crippen LogP contribution in [0.1, 0.15) is 18.4 Å². The molecule has 0 bridgehead atoms. The van der Waals surface area contributed by atoms with Crippen molar-refractivity contribution in [2.45, 2.75) is 12.8 Å². The molecule has 1 fully saturated rings. The van der Waals surface area contributed by atoms with Gasteiger partial charge in [0.15, 0.2) is 0 Å². The second kappa shape index (κ2) is 4.95. The molecule has 2 rings (SSSR count). The van der Waals surface area contributed by atoms with Crippen molar-refractivity contribution in [3.8, 4) is 0 Å². The molecule has 17 heavy (non-hydrogen) atoms. The van der Waals surface area contributed by atoms with Crippen LogP contribution in [0.4, 0.5) is 10.1 Å². The third-order valence-corrected chi connectivity index (χ3v) is 2.82. The van der Waals surface area contributed by atoms with Gasteiger partial charge in [0.25, 0.3) is 5.69 Å². The normalized spacial score (nSPS) is 15.7. The topological polar surface area (TPSA) is 46.4 Å². The van der Waals surface area contributed by atoms with Gasteiger partial charge in [-0.25, -0.2) is 4.39 Å². The van der Waals surface area contributed by atoms with Gasteiger partial charge in [-0.3, -0.25) is 10.1 Å². The fourth-order valence-corrected chi connectivity index (χ4v) is 1.92. The first-order valence-corrected chi connectivity index (χ1v) is 5.53. The Kier molecular flexibility index (Phi) is 3.37. The molecule has 5 heteroatoms. The molecule has 0 amide bonds. The predicted molar refractivity (Wildman–Crippen MR) is 62.9 cm³/mol. The second-order valence-electron chi connectivity index (χ2n) is 3.99. The number of nitrogens with zero attached hydrogens (tertiary/aromatic N) is 2. The fourth-order valence-electron chi connectivity index (χ4n) is 1.92. The Bertz CT molecular complexity index is 454. The van der Waals surface area contributed by atoms with Crippen molar-refractivity contribution in [1.82, 2.24) is 4.90 Å². The molecule has 1 heterocycles. The van der Waals surface area contributed by atoms with Gasteiger partial charge in [0.1, 0.15) is 5.82 Å². The Morgan fingerprint density at radius 2 is 2.06 bits per heavy atom. The van der Waals surface area contributed by atoms with Gasteiger partial charge >= 0.3 is 0 Å². The van der Waals surface area contributed by atoms with E-state index in [4.69, 9.17) is 0 Å². The van der Waals surface area contributed by atoms with Crippen LogP contribution in [0.3, 0.4) is 0 Å². The van der Waals surface area contributed by atoms with E-state index in [0.29, 0.717) is 0 Å². The van der Waals surface area contributed by atoms with E-state index in [1.54, 1.807) is 6.20 Å². The maximum Gasteiger partial charge on any atom is 0.279 e. The number of nitro groups is 1. The van der Waals surface area contributed by atoms with E-state index in [1.165, 1.54) is 24.3 Å². The minimum atomic E-state index is -0.563. The van der Waals surface area contributed by atoms with Gasteiger partial charge in [-0.15, -0.1) is 0 Å². The summed E-state index contributed by atoms with van der Waals surface area (Å²) in [5.74, 6) is -0.561. The lowest BCUT2D eigenvalue weighted by atomic mass is 10.1. The number of benzene rings is 1. The summed E-state index contributed by atoms with van der Waals surface area (Å²) in [6.45, 7) is 1.86. The van der Waals surface area contributed by atoms with E-state index >= 15 is 0 Å². The standard InChI is InChI=1S/C12H13FN2O2/c13-11-4-3-5-12(15(16)17)10(11)6-9-14-7-1-2-8-14/h3-6,9H,1-2,7-8H2. The number of nitro benzene ring substituents is 1. The maximum atomic E-state index is 13.5. The van der Waals surface area contributed by atoms with E-state index in [9.17, 15) is 14.5 Å². The van der Waals surface area contributed by atoms with Crippen LogP contribution in [0.2, 0.25) is 0 Å². The monoisotopic (exact) mass is 236 g/mol. The van der Waals surface area contributed by atoms with E-state index < -0.39 is 10.7 Å². The van der Waals surface area contributed by atoms with Crippen LogP contribution in [0, 0.1) is 15.9 Å². The molecule has 0 aliphatic carbocycles. The zero-order valence-corrected chi connectivity index (χ0v) is 9.30. The minimum Gasteiger partial charge on any atom is -0.377 e. The Morgan fingerprint density at radius 1 is 1.35 bits per heavy atom. The molecule has 0 spiro atoms.